The van der Waals surface area contributed by atoms with Crippen molar-refractivity contribution < 1.29 is 0 Å². The average Bonchev–Trinajstić information content (AvgIpc) is 2.72. The van der Waals surface area contributed by atoms with Gasteiger partial charge >= 0.3 is 0 Å². The zero-order chi connectivity index (χ0) is 20.2. The number of rotatable bonds is 20. The van der Waals surface area contributed by atoms with Crippen LogP contribution < -0.4 is 0 Å². The fraction of sp³-hybridized carbons (Fsp3) is 0.846. The lowest BCUT2D eigenvalue weighted by Gasteiger charge is -2.36. The second-order valence-electron chi connectivity index (χ2n) is 8.57. The average molecular weight is 425 g/mol. The van der Waals surface area contributed by atoms with Crippen LogP contribution in [0.2, 0.25) is 0 Å². The molecule has 0 radical (unpaired) electrons. The number of thioether (sulfide) groups is 2. The molecule has 2 heteroatoms. The van der Waals surface area contributed by atoms with E-state index < -0.39 is 0 Å². The predicted molar refractivity (Wildman–Crippen MR) is 136 cm³/mol. The van der Waals surface area contributed by atoms with Crippen LogP contribution in [0.5, 0.6) is 0 Å². The molecule has 1 heterocycles. The first kappa shape index (κ1) is 26.2. The third-order valence-electron chi connectivity index (χ3n) is 5.95. The summed E-state index contributed by atoms with van der Waals surface area (Å²) in [6, 6.07) is 0. The van der Waals surface area contributed by atoms with Crippen LogP contribution in [0, 0.1) is 0 Å². The summed E-state index contributed by atoms with van der Waals surface area (Å²) in [5, 5.41) is 0. The van der Waals surface area contributed by atoms with E-state index in [-0.39, 0.29) is 0 Å². The van der Waals surface area contributed by atoms with E-state index >= 15 is 0 Å². The molecular weight excluding hydrogens is 376 g/mol. The molecule has 28 heavy (non-hydrogen) atoms. The fourth-order valence-corrected chi connectivity index (χ4v) is 7.66. The van der Waals surface area contributed by atoms with Gasteiger partial charge in [0.25, 0.3) is 0 Å². The van der Waals surface area contributed by atoms with E-state index in [0.717, 1.165) is 0 Å². The Balaban J connectivity index is 2.07. The van der Waals surface area contributed by atoms with Gasteiger partial charge in [-0.15, -0.1) is 36.7 Å². The van der Waals surface area contributed by atoms with E-state index in [4.69, 9.17) is 0 Å². The van der Waals surface area contributed by atoms with Gasteiger partial charge < -0.3 is 0 Å². The van der Waals surface area contributed by atoms with Crippen molar-refractivity contribution in [2.45, 2.75) is 126 Å². The smallest absolute Gasteiger partial charge is 0.0611 e. The molecule has 0 spiro atoms. The zero-order valence-corrected chi connectivity index (χ0v) is 20.4. The van der Waals surface area contributed by atoms with Gasteiger partial charge in [0.1, 0.15) is 0 Å². The predicted octanol–water partition coefficient (Wildman–Crippen LogP) is 9.95. The third kappa shape index (κ3) is 14.2. The van der Waals surface area contributed by atoms with Crippen LogP contribution >= 0.6 is 23.5 Å². The minimum atomic E-state index is 0.576. The lowest BCUT2D eigenvalue weighted by atomic mass is 10.0. The standard InChI is InChI=1S/C26H48S2/c1-3-5-7-9-11-13-15-17-19-22-26(27-24-21-25-28-26)23-20-18-16-14-12-10-8-6-4-2/h3-4H,1-2,5-25H2. The summed E-state index contributed by atoms with van der Waals surface area (Å²) in [6.45, 7) is 7.62. The summed E-state index contributed by atoms with van der Waals surface area (Å²) in [4.78, 5) is 0. The van der Waals surface area contributed by atoms with E-state index in [1.165, 1.54) is 134 Å². The molecule has 0 amide bonds. The molecule has 0 aliphatic carbocycles. The van der Waals surface area contributed by atoms with E-state index in [0.29, 0.717) is 4.08 Å². The van der Waals surface area contributed by atoms with Crippen molar-refractivity contribution >= 4 is 23.5 Å². The summed E-state index contributed by atoms with van der Waals surface area (Å²) < 4.78 is 0.576. The van der Waals surface area contributed by atoms with Crippen molar-refractivity contribution in [1.29, 1.82) is 0 Å². The van der Waals surface area contributed by atoms with Crippen molar-refractivity contribution in [3.8, 4) is 0 Å². The summed E-state index contributed by atoms with van der Waals surface area (Å²) in [5.41, 5.74) is 0. The quantitative estimate of drug-likeness (QED) is 0.141. The van der Waals surface area contributed by atoms with Gasteiger partial charge in [-0.1, -0.05) is 89.2 Å². The lowest BCUT2D eigenvalue weighted by molar-refractivity contribution is 0.517. The minimum absolute atomic E-state index is 0.576. The highest BCUT2D eigenvalue weighted by molar-refractivity contribution is 8.18. The summed E-state index contributed by atoms with van der Waals surface area (Å²) in [6.07, 6.45) is 30.8. The molecule has 1 rings (SSSR count). The summed E-state index contributed by atoms with van der Waals surface area (Å²) in [5.74, 6) is 2.80. The summed E-state index contributed by atoms with van der Waals surface area (Å²) in [7, 11) is 0. The highest BCUT2D eigenvalue weighted by atomic mass is 32.2. The second-order valence-corrected chi connectivity index (χ2v) is 11.8. The second kappa shape index (κ2) is 19.2. The van der Waals surface area contributed by atoms with Crippen LogP contribution in [-0.4, -0.2) is 15.6 Å². The van der Waals surface area contributed by atoms with Crippen LogP contribution in [0.15, 0.2) is 25.3 Å². The minimum Gasteiger partial charge on any atom is -0.144 e. The van der Waals surface area contributed by atoms with Gasteiger partial charge in [0.2, 0.25) is 0 Å². The maximum atomic E-state index is 3.81. The molecular formula is C26H48S2. The topological polar surface area (TPSA) is 0 Å². The largest absolute Gasteiger partial charge is 0.144 e. The molecule has 1 aliphatic heterocycles. The number of hydrogen-bond acceptors (Lipinski definition) is 2. The van der Waals surface area contributed by atoms with Crippen LogP contribution in [-0.2, 0) is 0 Å². The van der Waals surface area contributed by atoms with Crippen LogP contribution in [0.1, 0.15) is 122 Å². The Morgan fingerprint density at radius 2 is 0.893 bits per heavy atom. The SMILES string of the molecule is C=CCCCCCCCCCC1(CCCCCCCCCC=C)SCCCS1. The Labute approximate surface area is 186 Å². The maximum Gasteiger partial charge on any atom is 0.0611 e. The molecule has 1 aliphatic rings. The number of unbranched alkanes of at least 4 members (excludes halogenated alkanes) is 14. The van der Waals surface area contributed by atoms with Crippen molar-refractivity contribution in [2.75, 3.05) is 11.5 Å². The molecule has 0 unspecified atom stereocenters. The van der Waals surface area contributed by atoms with E-state index in [1.807, 2.05) is 0 Å². The third-order valence-corrected chi connectivity index (χ3v) is 9.51. The molecule has 0 nitrogen and oxygen atoms in total. The molecule has 0 aromatic heterocycles. The van der Waals surface area contributed by atoms with E-state index in [9.17, 15) is 0 Å². The highest BCUT2D eigenvalue weighted by Crippen LogP contribution is 2.49. The lowest BCUT2D eigenvalue weighted by Crippen LogP contribution is -2.25. The number of hydrogen-bond donors (Lipinski definition) is 0. The molecule has 0 aromatic carbocycles. The van der Waals surface area contributed by atoms with E-state index in [1.54, 1.807) is 0 Å². The van der Waals surface area contributed by atoms with Crippen molar-refractivity contribution in [2.24, 2.45) is 0 Å². The van der Waals surface area contributed by atoms with Crippen LogP contribution in [0.4, 0.5) is 0 Å². The number of allylic oxidation sites excluding steroid dienone is 2. The Morgan fingerprint density at radius 3 is 1.29 bits per heavy atom. The molecule has 1 fully saturated rings. The first-order chi connectivity index (χ1) is 13.8. The summed E-state index contributed by atoms with van der Waals surface area (Å²) >= 11 is 4.62. The van der Waals surface area contributed by atoms with Gasteiger partial charge in [0, 0.05) is 0 Å². The van der Waals surface area contributed by atoms with Crippen molar-refractivity contribution in [3.63, 3.8) is 0 Å². The zero-order valence-electron chi connectivity index (χ0n) is 18.7. The maximum absolute atomic E-state index is 3.81. The normalized spacial score (nSPS) is 16.1. The fourth-order valence-electron chi connectivity index (χ4n) is 4.16. The van der Waals surface area contributed by atoms with E-state index in [2.05, 4.69) is 48.8 Å². The highest BCUT2D eigenvalue weighted by Gasteiger charge is 2.32. The molecule has 0 saturated carbocycles. The van der Waals surface area contributed by atoms with Crippen LogP contribution in [0.25, 0.3) is 0 Å². The molecule has 1 saturated heterocycles. The van der Waals surface area contributed by atoms with Crippen molar-refractivity contribution in [1.82, 2.24) is 0 Å². The molecule has 164 valence electrons. The van der Waals surface area contributed by atoms with Gasteiger partial charge in [-0.3, -0.25) is 0 Å². The monoisotopic (exact) mass is 424 g/mol. The van der Waals surface area contributed by atoms with Gasteiger partial charge in [0.05, 0.1) is 4.08 Å². The van der Waals surface area contributed by atoms with Gasteiger partial charge in [-0.05, 0) is 56.5 Å². The molecule has 0 atom stereocenters. The first-order valence-corrected chi connectivity index (χ1v) is 14.3. The van der Waals surface area contributed by atoms with Gasteiger partial charge in [-0.25, -0.2) is 0 Å². The molecule has 0 N–H and O–H groups in total. The van der Waals surface area contributed by atoms with Crippen molar-refractivity contribution in [3.05, 3.63) is 25.3 Å². The Hall–Kier alpha value is 0.180. The Morgan fingerprint density at radius 1 is 0.536 bits per heavy atom. The Kier molecular flexibility index (Phi) is 17.9. The molecule has 0 aromatic rings. The van der Waals surface area contributed by atoms with Gasteiger partial charge in [-0.2, -0.15) is 0 Å². The molecule has 0 bridgehead atoms. The van der Waals surface area contributed by atoms with Crippen LogP contribution in [0.3, 0.4) is 0 Å². The first-order valence-electron chi connectivity index (χ1n) is 12.3. The Bertz CT molecular complexity index is 329. The van der Waals surface area contributed by atoms with Gasteiger partial charge in [0.15, 0.2) is 0 Å².